The number of nitrogens with one attached hydrogen (secondary N) is 1. The Hall–Kier alpha value is -1.33. The highest BCUT2D eigenvalue weighted by molar-refractivity contribution is 5.78. The molecule has 0 radical (unpaired) electrons. The molecule has 1 saturated heterocycles. The van der Waals surface area contributed by atoms with E-state index in [0.717, 1.165) is 31.8 Å². The standard InChI is InChI=1S/C15H24N2O3/c1-12(2)17(13-5-8-19-9-6-13)11-15(18)16-10-14-4-3-7-20-14/h3-4,7,12-13H,5-6,8-11H2,1-2H3,(H,16,18). The molecule has 1 aromatic rings. The van der Waals surface area contributed by atoms with E-state index in [2.05, 4.69) is 24.1 Å². The van der Waals surface area contributed by atoms with Gasteiger partial charge in [0.1, 0.15) is 5.76 Å². The zero-order chi connectivity index (χ0) is 14.4. The Morgan fingerprint density at radius 1 is 1.45 bits per heavy atom. The van der Waals surface area contributed by atoms with Crippen LogP contribution in [0, 0.1) is 0 Å². The molecule has 1 aliphatic rings. The Morgan fingerprint density at radius 3 is 2.80 bits per heavy atom. The van der Waals surface area contributed by atoms with Crippen molar-refractivity contribution in [3.8, 4) is 0 Å². The van der Waals surface area contributed by atoms with Gasteiger partial charge >= 0.3 is 0 Å². The van der Waals surface area contributed by atoms with Gasteiger partial charge in [0.05, 0.1) is 19.4 Å². The van der Waals surface area contributed by atoms with E-state index in [1.807, 2.05) is 12.1 Å². The van der Waals surface area contributed by atoms with Gasteiger partial charge in [0.2, 0.25) is 5.91 Å². The molecule has 0 unspecified atom stereocenters. The van der Waals surface area contributed by atoms with E-state index in [0.29, 0.717) is 25.2 Å². The molecule has 5 nitrogen and oxygen atoms in total. The van der Waals surface area contributed by atoms with Crippen molar-refractivity contribution in [3.05, 3.63) is 24.2 Å². The maximum absolute atomic E-state index is 12.1. The summed E-state index contributed by atoms with van der Waals surface area (Å²) in [5, 5.41) is 2.90. The first-order valence-corrected chi connectivity index (χ1v) is 7.29. The molecule has 0 saturated carbocycles. The molecular weight excluding hydrogens is 256 g/mol. The van der Waals surface area contributed by atoms with E-state index in [4.69, 9.17) is 9.15 Å². The first-order valence-electron chi connectivity index (χ1n) is 7.29. The number of amides is 1. The lowest BCUT2D eigenvalue weighted by atomic mass is 10.1. The first kappa shape index (κ1) is 15.1. The summed E-state index contributed by atoms with van der Waals surface area (Å²) in [7, 11) is 0. The molecule has 1 amide bonds. The minimum atomic E-state index is 0.0431. The highest BCUT2D eigenvalue weighted by Gasteiger charge is 2.25. The van der Waals surface area contributed by atoms with Gasteiger partial charge < -0.3 is 14.5 Å². The van der Waals surface area contributed by atoms with Crippen LogP contribution in [-0.2, 0) is 16.1 Å². The van der Waals surface area contributed by atoms with Gasteiger partial charge in [-0.3, -0.25) is 9.69 Å². The van der Waals surface area contributed by atoms with Crippen LogP contribution < -0.4 is 5.32 Å². The van der Waals surface area contributed by atoms with E-state index in [1.165, 1.54) is 0 Å². The van der Waals surface area contributed by atoms with Gasteiger partial charge in [-0.15, -0.1) is 0 Å². The quantitative estimate of drug-likeness (QED) is 0.863. The third kappa shape index (κ3) is 4.35. The molecule has 5 heteroatoms. The van der Waals surface area contributed by atoms with Crippen LogP contribution in [-0.4, -0.2) is 42.6 Å². The summed E-state index contributed by atoms with van der Waals surface area (Å²) in [5.74, 6) is 0.821. The second-order valence-corrected chi connectivity index (χ2v) is 5.47. The molecular formula is C15H24N2O3. The second kappa shape index (κ2) is 7.45. The fourth-order valence-electron chi connectivity index (χ4n) is 2.57. The monoisotopic (exact) mass is 280 g/mol. The summed E-state index contributed by atoms with van der Waals surface area (Å²) in [6.45, 7) is 6.74. The van der Waals surface area contributed by atoms with Crippen molar-refractivity contribution in [2.45, 2.75) is 45.3 Å². The molecule has 0 aromatic carbocycles. The number of furan rings is 1. The number of nitrogens with zero attached hydrogens (tertiary/aromatic N) is 1. The third-order valence-electron chi connectivity index (χ3n) is 3.69. The molecule has 0 aliphatic carbocycles. The van der Waals surface area contributed by atoms with Crippen molar-refractivity contribution < 1.29 is 13.9 Å². The Labute approximate surface area is 120 Å². The number of hydrogen-bond acceptors (Lipinski definition) is 4. The number of ether oxygens (including phenoxy) is 1. The topological polar surface area (TPSA) is 54.7 Å². The average Bonchev–Trinajstić information content (AvgIpc) is 2.96. The average molecular weight is 280 g/mol. The summed E-state index contributed by atoms with van der Waals surface area (Å²) in [6.07, 6.45) is 3.62. The molecule has 0 bridgehead atoms. The molecule has 2 heterocycles. The van der Waals surface area contributed by atoms with E-state index in [9.17, 15) is 4.79 Å². The Morgan fingerprint density at radius 2 is 2.20 bits per heavy atom. The minimum absolute atomic E-state index is 0.0431. The van der Waals surface area contributed by atoms with Crippen LogP contribution in [0.3, 0.4) is 0 Å². The molecule has 20 heavy (non-hydrogen) atoms. The number of carbonyl (C=O) groups is 1. The largest absolute Gasteiger partial charge is 0.467 e. The van der Waals surface area contributed by atoms with Gasteiger partial charge in [0.25, 0.3) is 0 Å². The van der Waals surface area contributed by atoms with Crippen LogP contribution in [0.25, 0.3) is 0 Å². The third-order valence-corrected chi connectivity index (χ3v) is 3.69. The van der Waals surface area contributed by atoms with Gasteiger partial charge in [-0.05, 0) is 38.8 Å². The summed E-state index contributed by atoms with van der Waals surface area (Å²) in [6, 6.07) is 4.48. The zero-order valence-corrected chi connectivity index (χ0v) is 12.3. The number of rotatable bonds is 6. The van der Waals surface area contributed by atoms with E-state index in [-0.39, 0.29) is 5.91 Å². The maximum Gasteiger partial charge on any atom is 0.234 e. The van der Waals surface area contributed by atoms with Crippen LogP contribution in [0.5, 0.6) is 0 Å². The van der Waals surface area contributed by atoms with Crippen LogP contribution in [0.2, 0.25) is 0 Å². The summed E-state index contributed by atoms with van der Waals surface area (Å²) in [4.78, 5) is 14.3. The first-order chi connectivity index (χ1) is 9.66. The Kier molecular flexibility index (Phi) is 5.61. The highest BCUT2D eigenvalue weighted by atomic mass is 16.5. The number of hydrogen-bond donors (Lipinski definition) is 1. The summed E-state index contributed by atoms with van der Waals surface area (Å²) < 4.78 is 10.6. The Bertz CT molecular complexity index is 397. The van der Waals surface area contributed by atoms with Crippen molar-refractivity contribution in [2.75, 3.05) is 19.8 Å². The van der Waals surface area contributed by atoms with Gasteiger partial charge in [-0.2, -0.15) is 0 Å². The van der Waals surface area contributed by atoms with Crippen molar-refractivity contribution in [3.63, 3.8) is 0 Å². The Balaban J connectivity index is 1.82. The van der Waals surface area contributed by atoms with Crippen LogP contribution in [0.1, 0.15) is 32.4 Å². The summed E-state index contributed by atoms with van der Waals surface area (Å²) in [5.41, 5.74) is 0. The zero-order valence-electron chi connectivity index (χ0n) is 12.3. The van der Waals surface area contributed by atoms with Crippen molar-refractivity contribution in [1.29, 1.82) is 0 Å². The molecule has 1 N–H and O–H groups in total. The molecule has 0 spiro atoms. The second-order valence-electron chi connectivity index (χ2n) is 5.47. The van der Waals surface area contributed by atoms with Gasteiger partial charge in [-0.1, -0.05) is 0 Å². The van der Waals surface area contributed by atoms with E-state index in [1.54, 1.807) is 6.26 Å². The molecule has 2 rings (SSSR count). The predicted molar refractivity (Wildman–Crippen MR) is 76.2 cm³/mol. The van der Waals surface area contributed by atoms with Crippen molar-refractivity contribution >= 4 is 5.91 Å². The molecule has 0 atom stereocenters. The molecule has 1 fully saturated rings. The van der Waals surface area contributed by atoms with E-state index < -0.39 is 0 Å². The van der Waals surface area contributed by atoms with Gasteiger partial charge in [0.15, 0.2) is 0 Å². The normalized spacial score (nSPS) is 16.8. The molecule has 112 valence electrons. The number of carbonyl (C=O) groups excluding carboxylic acids is 1. The van der Waals surface area contributed by atoms with Crippen molar-refractivity contribution in [2.24, 2.45) is 0 Å². The van der Waals surface area contributed by atoms with Gasteiger partial charge in [0, 0.05) is 25.3 Å². The lowest BCUT2D eigenvalue weighted by Crippen LogP contribution is -2.48. The molecule has 1 aliphatic heterocycles. The fourth-order valence-corrected chi connectivity index (χ4v) is 2.57. The SMILES string of the molecule is CC(C)N(CC(=O)NCc1ccco1)C1CCOCC1. The lowest BCUT2D eigenvalue weighted by molar-refractivity contribution is -0.124. The van der Waals surface area contributed by atoms with Crippen LogP contribution >= 0.6 is 0 Å². The maximum atomic E-state index is 12.1. The van der Waals surface area contributed by atoms with Crippen molar-refractivity contribution in [1.82, 2.24) is 10.2 Å². The van der Waals surface area contributed by atoms with E-state index >= 15 is 0 Å². The van der Waals surface area contributed by atoms with Crippen LogP contribution in [0.4, 0.5) is 0 Å². The smallest absolute Gasteiger partial charge is 0.234 e. The fraction of sp³-hybridized carbons (Fsp3) is 0.667. The predicted octanol–water partition coefficient (Wildman–Crippen LogP) is 1.79. The van der Waals surface area contributed by atoms with Crippen LogP contribution in [0.15, 0.2) is 22.8 Å². The molecule has 1 aromatic heterocycles. The minimum Gasteiger partial charge on any atom is -0.467 e. The lowest BCUT2D eigenvalue weighted by Gasteiger charge is -2.36. The summed E-state index contributed by atoms with van der Waals surface area (Å²) >= 11 is 0. The van der Waals surface area contributed by atoms with Gasteiger partial charge in [-0.25, -0.2) is 0 Å². The highest BCUT2D eigenvalue weighted by Crippen LogP contribution is 2.16.